The molecule has 0 unspecified atom stereocenters. The quantitative estimate of drug-likeness (QED) is 0.169. The van der Waals surface area contributed by atoms with E-state index in [-0.39, 0.29) is 5.56 Å². The molecule has 0 atom stereocenters. The van der Waals surface area contributed by atoms with Gasteiger partial charge in [0.15, 0.2) is 5.75 Å². The maximum Gasteiger partial charge on any atom is 0.339 e. The van der Waals surface area contributed by atoms with E-state index in [1.54, 1.807) is 24.3 Å². The van der Waals surface area contributed by atoms with Crippen molar-refractivity contribution in [3.63, 3.8) is 0 Å². The Bertz CT molecular complexity index is 519. The van der Waals surface area contributed by atoms with Crippen LogP contribution < -0.4 is 4.18 Å². The van der Waals surface area contributed by atoms with Crippen LogP contribution in [0.4, 0.5) is 0 Å². The zero-order valence-electron chi connectivity index (χ0n) is 18.5. The highest BCUT2D eigenvalue weighted by Gasteiger charge is 2.10. The summed E-state index contributed by atoms with van der Waals surface area (Å²) in [6.45, 7) is 2.28. The fourth-order valence-electron chi connectivity index (χ4n) is 3.53. The Balaban J connectivity index is 1.81. The molecule has 1 N–H and O–H groups in total. The number of hydrogen-bond donors (Lipinski definition) is 1. The van der Waals surface area contributed by atoms with E-state index >= 15 is 0 Å². The number of unbranched alkanes of at least 4 members (excludes halogenated alkanes) is 15. The van der Waals surface area contributed by atoms with Crippen LogP contribution in [-0.4, -0.2) is 16.8 Å². The van der Waals surface area contributed by atoms with Crippen molar-refractivity contribution in [2.24, 2.45) is 0 Å². The lowest BCUT2D eigenvalue weighted by molar-refractivity contribution is 0.0695. The summed E-state index contributed by atoms with van der Waals surface area (Å²) in [4.78, 5) is 11.1. The van der Waals surface area contributed by atoms with Gasteiger partial charge in [0.05, 0.1) is 12.0 Å². The van der Waals surface area contributed by atoms with E-state index < -0.39 is 5.97 Å². The van der Waals surface area contributed by atoms with E-state index in [4.69, 9.17) is 9.29 Å². The first-order valence-corrected chi connectivity index (χ1v) is 12.8. The molecule has 0 saturated heterocycles. The number of benzene rings is 1. The highest BCUT2D eigenvalue weighted by atomic mass is 32.2. The summed E-state index contributed by atoms with van der Waals surface area (Å²) in [5.74, 6) is 0.414. The molecule has 4 heteroatoms. The minimum absolute atomic E-state index is 0.229. The Hall–Kier alpha value is -1.16. The van der Waals surface area contributed by atoms with Crippen molar-refractivity contribution in [3.8, 4) is 5.75 Å². The molecule has 3 nitrogen and oxygen atoms in total. The number of para-hydroxylation sites is 1. The maximum absolute atomic E-state index is 11.1. The molecule has 0 aliphatic rings. The van der Waals surface area contributed by atoms with Crippen molar-refractivity contribution in [1.29, 1.82) is 0 Å². The fraction of sp³-hybridized carbons (Fsp3) is 0.720. The molecule has 0 aliphatic heterocycles. The largest absolute Gasteiger partial charge is 0.478 e. The minimum atomic E-state index is -0.941. The summed E-state index contributed by atoms with van der Waals surface area (Å²) in [5, 5.41) is 9.13. The third kappa shape index (κ3) is 14.5. The third-order valence-electron chi connectivity index (χ3n) is 5.35. The van der Waals surface area contributed by atoms with Gasteiger partial charge in [0, 0.05) is 5.75 Å². The molecule has 0 bridgehead atoms. The van der Waals surface area contributed by atoms with Gasteiger partial charge in [-0.25, -0.2) is 4.79 Å². The summed E-state index contributed by atoms with van der Waals surface area (Å²) in [6, 6.07) is 6.81. The van der Waals surface area contributed by atoms with Crippen molar-refractivity contribution < 1.29 is 14.1 Å². The highest BCUT2D eigenvalue weighted by Crippen LogP contribution is 2.23. The smallest absolute Gasteiger partial charge is 0.339 e. The second kappa shape index (κ2) is 18.8. The number of aromatic carboxylic acids is 1. The molecular formula is C25H42O3S. The van der Waals surface area contributed by atoms with Crippen LogP contribution in [0, 0.1) is 0 Å². The molecule has 0 amide bonds. The molecule has 0 saturated carbocycles. The van der Waals surface area contributed by atoms with Crippen LogP contribution in [0.1, 0.15) is 120 Å². The van der Waals surface area contributed by atoms with E-state index in [1.807, 2.05) is 0 Å². The molecule has 1 aromatic carbocycles. The van der Waals surface area contributed by atoms with Gasteiger partial charge >= 0.3 is 5.97 Å². The molecule has 0 radical (unpaired) electrons. The molecule has 0 aromatic heterocycles. The van der Waals surface area contributed by atoms with Crippen LogP contribution >= 0.6 is 12.0 Å². The van der Waals surface area contributed by atoms with Crippen LogP contribution in [0.25, 0.3) is 0 Å². The molecule has 0 fully saturated rings. The molecule has 1 rings (SSSR count). The number of rotatable bonds is 20. The SMILES string of the molecule is CCCCCCCCCCCCCCCCCCSOc1ccccc1C(=O)O. The topological polar surface area (TPSA) is 46.5 Å². The second-order valence-electron chi connectivity index (χ2n) is 8.01. The number of carbonyl (C=O) groups is 1. The van der Waals surface area contributed by atoms with E-state index in [0.717, 1.165) is 12.2 Å². The molecule has 0 spiro atoms. The van der Waals surface area contributed by atoms with E-state index in [9.17, 15) is 4.79 Å². The number of carboxylic acid groups (broad SMARTS) is 1. The zero-order chi connectivity index (χ0) is 21.0. The van der Waals surface area contributed by atoms with Gasteiger partial charge in [-0.2, -0.15) is 0 Å². The third-order valence-corrected chi connectivity index (χ3v) is 6.10. The molecule has 0 heterocycles. The molecular weight excluding hydrogens is 380 g/mol. The van der Waals surface area contributed by atoms with Gasteiger partial charge in [-0.3, -0.25) is 0 Å². The van der Waals surface area contributed by atoms with Gasteiger partial charge < -0.3 is 9.29 Å². The summed E-state index contributed by atoms with van der Waals surface area (Å²) in [7, 11) is 0. The lowest BCUT2D eigenvalue weighted by Crippen LogP contribution is -1.99. The Morgan fingerprint density at radius 2 is 1.21 bits per heavy atom. The standard InChI is InChI=1S/C25H42O3S/c1-2-3-4-5-6-7-8-9-10-11-12-13-14-15-16-19-22-29-28-24-21-18-17-20-23(24)25(26)27/h17-18,20-21H,2-16,19,22H2,1H3,(H,26,27). The summed E-state index contributed by atoms with van der Waals surface area (Å²) in [6.07, 6.45) is 21.9. The van der Waals surface area contributed by atoms with Gasteiger partial charge in [0.2, 0.25) is 0 Å². The van der Waals surface area contributed by atoms with E-state index in [1.165, 1.54) is 108 Å². The molecule has 1 aromatic rings. The molecule has 0 aliphatic carbocycles. The molecule has 166 valence electrons. The normalized spacial score (nSPS) is 10.9. The van der Waals surface area contributed by atoms with Crippen molar-refractivity contribution >= 4 is 18.0 Å². The lowest BCUT2D eigenvalue weighted by Gasteiger charge is -2.07. The van der Waals surface area contributed by atoms with E-state index in [0.29, 0.717) is 5.75 Å². The average molecular weight is 423 g/mol. The predicted molar refractivity (Wildman–Crippen MR) is 126 cm³/mol. The van der Waals surface area contributed by atoms with E-state index in [2.05, 4.69) is 6.92 Å². The minimum Gasteiger partial charge on any atom is -0.478 e. The van der Waals surface area contributed by atoms with Gasteiger partial charge in [0.25, 0.3) is 0 Å². The first kappa shape index (κ1) is 25.9. The summed E-state index contributed by atoms with van der Waals surface area (Å²) in [5.41, 5.74) is 0.229. The van der Waals surface area contributed by atoms with Gasteiger partial charge in [0.1, 0.15) is 5.56 Å². The van der Waals surface area contributed by atoms with Crippen molar-refractivity contribution in [3.05, 3.63) is 29.8 Å². The van der Waals surface area contributed by atoms with Crippen LogP contribution in [0.5, 0.6) is 5.75 Å². The average Bonchev–Trinajstić information content (AvgIpc) is 2.73. The Labute approximate surface area is 183 Å². The summed E-state index contributed by atoms with van der Waals surface area (Å²) < 4.78 is 5.56. The summed E-state index contributed by atoms with van der Waals surface area (Å²) >= 11 is 1.36. The fourth-order valence-corrected chi connectivity index (χ4v) is 4.21. The highest BCUT2D eigenvalue weighted by molar-refractivity contribution is 7.95. The number of carboxylic acids is 1. The monoisotopic (exact) mass is 422 g/mol. The predicted octanol–water partition coefficient (Wildman–Crippen LogP) is 8.67. The maximum atomic E-state index is 11.1. The van der Waals surface area contributed by atoms with Crippen molar-refractivity contribution in [1.82, 2.24) is 0 Å². The first-order chi connectivity index (χ1) is 14.3. The molecule has 29 heavy (non-hydrogen) atoms. The van der Waals surface area contributed by atoms with Crippen LogP contribution in [-0.2, 0) is 0 Å². The number of hydrogen-bond acceptors (Lipinski definition) is 3. The first-order valence-electron chi connectivity index (χ1n) is 11.9. The van der Waals surface area contributed by atoms with Crippen molar-refractivity contribution in [2.45, 2.75) is 110 Å². The Kier molecular flexibility index (Phi) is 16.8. The van der Waals surface area contributed by atoms with Crippen molar-refractivity contribution in [2.75, 3.05) is 5.75 Å². The van der Waals surface area contributed by atoms with Gasteiger partial charge in [-0.1, -0.05) is 115 Å². The van der Waals surface area contributed by atoms with Crippen LogP contribution in [0.2, 0.25) is 0 Å². The van der Waals surface area contributed by atoms with Crippen LogP contribution in [0.3, 0.4) is 0 Å². The lowest BCUT2D eigenvalue weighted by atomic mass is 10.0. The second-order valence-corrected chi connectivity index (χ2v) is 8.82. The Morgan fingerprint density at radius 1 is 0.759 bits per heavy atom. The van der Waals surface area contributed by atoms with Gasteiger partial charge in [-0.05, 0) is 18.6 Å². The van der Waals surface area contributed by atoms with Crippen LogP contribution in [0.15, 0.2) is 24.3 Å². The zero-order valence-corrected chi connectivity index (χ0v) is 19.3. The van der Waals surface area contributed by atoms with Gasteiger partial charge in [-0.15, -0.1) is 0 Å². The Morgan fingerprint density at radius 3 is 1.69 bits per heavy atom.